The molecule has 0 atom stereocenters. The predicted octanol–water partition coefficient (Wildman–Crippen LogP) is 6.11. The first-order chi connectivity index (χ1) is 12.3. The van der Waals surface area contributed by atoms with E-state index in [9.17, 15) is 12.8 Å². The number of anilines is 1. The molecule has 3 aromatic carbocycles. The number of benzene rings is 3. The number of thiol groups is 1. The van der Waals surface area contributed by atoms with Crippen molar-refractivity contribution in [2.24, 2.45) is 0 Å². The minimum atomic E-state index is -3.88. The van der Waals surface area contributed by atoms with Crippen LogP contribution in [0, 0.1) is 5.82 Å². The number of sulfonamides is 1. The van der Waals surface area contributed by atoms with E-state index in [0.717, 1.165) is 14.5 Å². The van der Waals surface area contributed by atoms with Crippen LogP contribution in [0.4, 0.5) is 10.1 Å². The molecule has 3 rings (SSSR count). The molecule has 0 radical (unpaired) electrons. The summed E-state index contributed by atoms with van der Waals surface area (Å²) in [7, 11) is -3.88. The summed E-state index contributed by atoms with van der Waals surface area (Å²) in [6, 6.07) is 16.3. The van der Waals surface area contributed by atoms with Gasteiger partial charge in [0.1, 0.15) is 0 Å². The van der Waals surface area contributed by atoms with E-state index in [4.69, 9.17) is 0 Å². The van der Waals surface area contributed by atoms with Gasteiger partial charge in [-0.3, -0.25) is 4.72 Å². The molecule has 0 saturated heterocycles. The summed E-state index contributed by atoms with van der Waals surface area (Å²) >= 11 is 11.0. The molecule has 0 aliphatic carbocycles. The first kappa shape index (κ1) is 19.4. The minimum Gasteiger partial charge on any atom is -0.277 e. The van der Waals surface area contributed by atoms with Crippen LogP contribution in [0.25, 0.3) is 11.1 Å². The van der Waals surface area contributed by atoms with E-state index in [1.54, 1.807) is 24.3 Å². The normalized spacial score (nSPS) is 11.4. The lowest BCUT2D eigenvalue weighted by molar-refractivity contribution is 0.594. The molecule has 26 heavy (non-hydrogen) atoms. The van der Waals surface area contributed by atoms with Crippen LogP contribution in [0.2, 0.25) is 0 Å². The van der Waals surface area contributed by atoms with Gasteiger partial charge in [-0.1, -0.05) is 30.3 Å². The van der Waals surface area contributed by atoms with E-state index in [-0.39, 0.29) is 15.5 Å². The minimum absolute atomic E-state index is 0.0565. The van der Waals surface area contributed by atoms with Gasteiger partial charge in [0.2, 0.25) is 0 Å². The van der Waals surface area contributed by atoms with E-state index in [1.807, 2.05) is 18.2 Å². The van der Waals surface area contributed by atoms with Gasteiger partial charge in [-0.25, -0.2) is 12.8 Å². The van der Waals surface area contributed by atoms with Crippen molar-refractivity contribution >= 4 is 60.2 Å². The van der Waals surface area contributed by atoms with Gasteiger partial charge in [0.25, 0.3) is 10.0 Å². The van der Waals surface area contributed by atoms with E-state index < -0.39 is 15.8 Å². The molecule has 0 heterocycles. The fourth-order valence-corrected chi connectivity index (χ4v) is 4.37. The number of hydrogen-bond donors (Lipinski definition) is 2. The molecule has 0 spiro atoms. The van der Waals surface area contributed by atoms with Gasteiger partial charge in [0, 0.05) is 13.8 Å². The van der Waals surface area contributed by atoms with Crippen molar-refractivity contribution in [2.45, 2.75) is 9.79 Å². The molecule has 0 aliphatic heterocycles. The molecule has 3 aromatic rings. The highest BCUT2D eigenvalue weighted by Crippen LogP contribution is 2.36. The zero-order valence-corrected chi connectivity index (χ0v) is 18.0. The summed E-state index contributed by atoms with van der Waals surface area (Å²) in [5.41, 5.74) is 1.15. The Hall–Kier alpha value is -1.35. The Morgan fingerprint density at radius 1 is 0.923 bits per heavy atom. The molecule has 134 valence electrons. The average molecular weight is 517 g/mol. The monoisotopic (exact) mass is 515 g/mol. The highest BCUT2D eigenvalue weighted by Gasteiger charge is 2.19. The third-order valence-corrected chi connectivity index (χ3v) is 7.34. The molecule has 0 unspecified atom stereocenters. The standard InChI is InChI=1S/C18H12Br2FNO2S2/c19-14-8-6-11(10-15(14)20)13-7-9-16(17(21)18(13)25)22-26(23,24)12-4-2-1-3-5-12/h1-10,22,25H. The first-order valence-electron chi connectivity index (χ1n) is 7.34. The van der Waals surface area contributed by atoms with Crippen molar-refractivity contribution in [3.8, 4) is 11.1 Å². The fourth-order valence-electron chi connectivity index (χ4n) is 2.34. The zero-order valence-electron chi connectivity index (χ0n) is 13.1. The van der Waals surface area contributed by atoms with Crippen LogP contribution in [-0.4, -0.2) is 8.42 Å². The molecule has 0 amide bonds. The smallest absolute Gasteiger partial charge is 0.261 e. The molecule has 0 saturated carbocycles. The summed E-state index contributed by atoms with van der Waals surface area (Å²) in [6.07, 6.45) is 0. The van der Waals surface area contributed by atoms with Crippen molar-refractivity contribution < 1.29 is 12.8 Å². The Bertz CT molecular complexity index is 1070. The first-order valence-corrected chi connectivity index (χ1v) is 10.9. The summed E-state index contributed by atoms with van der Waals surface area (Å²) < 4.78 is 43.5. The number of rotatable bonds is 4. The number of halogens is 3. The molecule has 0 aliphatic rings. The zero-order chi connectivity index (χ0) is 18.9. The van der Waals surface area contributed by atoms with Gasteiger partial charge < -0.3 is 0 Å². The third-order valence-electron chi connectivity index (χ3n) is 3.64. The van der Waals surface area contributed by atoms with Crippen molar-refractivity contribution in [1.82, 2.24) is 0 Å². The molecular weight excluding hydrogens is 505 g/mol. The van der Waals surface area contributed by atoms with Crippen molar-refractivity contribution in [1.29, 1.82) is 0 Å². The molecule has 0 aromatic heterocycles. The molecule has 0 bridgehead atoms. The van der Waals surface area contributed by atoms with Gasteiger partial charge >= 0.3 is 0 Å². The van der Waals surface area contributed by atoms with Crippen LogP contribution >= 0.6 is 44.5 Å². The molecule has 0 fully saturated rings. The Labute approximate surface area is 173 Å². The fraction of sp³-hybridized carbons (Fsp3) is 0. The Balaban J connectivity index is 1.99. The van der Waals surface area contributed by atoms with Crippen molar-refractivity contribution in [3.63, 3.8) is 0 Å². The molecule has 3 nitrogen and oxygen atoms in total. The Morgan fingerprint density at radius 2 is 1.62 bits per heavy atom. The summed E-state index contributed by atoms with van der Waals surface area (Å²) in [5, 5.41) is 0. The van der Waals surface area contributed by atoms with Crippen LogP contribution < -0.4 is 4.72 Å². The SMILES string of the molecule is O=S(=O)(Nc1ccc(-c2ccc(Br)c(Br)c2)c(S)c1F)c1ccccc1. The Morgan fingerprint density at radius 3 is 2.27 bits per heavy atom. The van der Waals surface area contributed by atoms with E-state index in [2.05, 4.69) is 49.2 Å². The van der Waals surface area contributed by atoms with Gasteiger partial charge in [-0.05, 0) is 73.3 Å². The number of hydrogen-bond acceptors (Lipinski definition) is 3. The molecule has 8 heteroatoms. The topological polar surface area (TPSA) is 46.2 Å². The van der Waals surface area contributed by atoms with Crippen LogP contribution in [-0.2, 0) is 10.0 Å². The van der Waals surface area contributed by atoms with Gasteiger partial charge in [0.05, 0.1) is 10.6 Å². The lowest BCUT2D eigenvalue weighted by Gasteiger charge is -2.13. The maximum absolute atomic E-state index is 14.7. The summed E-state index contributed by atoms with van der Waals surface area (Å²) in [6.45, 7) is 0. The van der Waals surface area contributed by atoms with Crippen LogP contribution in [0.15, 0.2) is 79.4 Å². The quantitative estimate of drug-likeness (QED) is 0.411. The van der Waals surface area contributed by atoms with Gasteiger partial charge in [-0.15, -0.1) is 12.6 Å². The van der Waals surface area contributed by atoms with E-state index in [0.29, 0.717) is 5.56 Å². The van der Waals surface area contributed by atoms with E-state index >= 15 is 0 Å². The highest BCUT2D eigenvalue weighted by molar-refractivity contribution is 9.13. The van der Waals surface area contributed by atoms with Crippen LogP contribution in [0.3, 0.4) is 0 Å². The average Bonchev–Trinajstić information content (AvgIpc) is 2.62. The second-order valence-corrected chi connectivity index (χ2v) is 9.21. The second-order valence-electron chi connectivity index (χ2n) is 5.37. The van der Waals surface area contributed by atoms with Crippen molar-refractivity contribution in [3.05, 3.63) is 75.4 Å². The summed E-state index contributed by atoms with van der Waals surface area (Å²) in [5.74, 6) is -0.732. The van der Waals surface area contributed by atoms with E-state index in [1.165, 1.54) is 18.2 Å². The van der Waals surface area contributed by atoms with Crippen LogP contribution in [0.1, 0.15) is 0 Å². The predicted molar refractivity (Wildman–Crippen MR) is 112 cm³/mol. The second kappa shape index (κ2) is 7.72. The molecule has 1 N–H and O–H groups in total. The largest absolute Gasteiger partial charge is 0.277 e. The van der Waals surface area contributed by atoms with Crippen molar-refractivity contribution in [2.75, 3.05) is 4.72 Å². The van der Waals surface area contributed by atoms with Gasteiger partial charge in [0.15, 0.2) is 5.82 Å². The van der Waals surface area contributed by atoms with Crippen LogP contribution in [0.5, 0.6) is 0 Å². The lowest BCUT2D eigenvalue weighted by atomic mass is 10.1. The van der Waals surface area contributed by atoms with Gasteiger partial charge in [-0.2, -0.15) is 0 Å². The Kier molecular flexibility index (Phi) is 5.76. The lowest BCUT2D eigenvalue weighted by Crippen LogP contribution is -2.14. The molecular formula is C18H12Br2FNO2S2. The maximum atomic E-state index is 14.7. The third kappa shape index (κ3) is 3.98. The number of nitrogens with one attached hydrogen (secondary N) is 1. The maximum Gasteiger partial charge on any atom is 0.261 e. The highest BCUT2D eigenvalue weighted by atomic mass is 79.9. The summed E-state index contributed by atoms with van der Waals surface area (Å²) in [4.78, 5) is 0.119.